The number of ether oxygens (including phenoxy) is 1. The molecule has 2 rings (SSSR count). The van der Waals surface area contributed by atoms with Crippen molar-refractivity contribution in [2.75, 3.05) is 7.11 Å². The number of rotatable bonds is 3. The predicted octanol–water partition coefficient (Wildman–Crippen LogP) is 3.87. The van der Waals surface area contributed by atoms with Crippen LogP contribution in [0.4, 0.5) is 10.1 Å². The Kier molecular flexibility index (Phi) is 3.99. The van der Waals surface area contributed by atoms with Crippen LogP contribution in [-0.2, 0) is 0 Å². The molecule has 18 heavy (non-hydrogen) atoms. The number of halogens is 1. The Morgan fingerprint density at radius 2 is 1.89 bits per heavy atom. The van der Waals surface area contributed by atoms with E-state index in [1.54, 1.807) is 18.3 Å². The van der Waals surface area contributed by atoms with Crippen LogP contribution >= 0.6 is 12.6 Å². The molecule has 0 spiro atoms. The van der Waals surface area contributed by atoms with Crippen LogP contribution in [0.15, 0.2) is 52.4 Å². The maximum absolute atomic E-state index is 13.4. The lowest BCUT2D eigenvalue weighted by molar-refractivity contribution is 0.386. The molecule has 0 aromatic heterocycles. The molecule has 0 amide bonds. The van der Waals surface area contributed by atoms with E-state index in [9.17, 15) is 4.39 Å². The average molecular weight is 261 g/mol. The van der Waals surface area contributed by atoms with Crippen molar-refractivity contribution in [3.8, 4) is 5.75 Å². The smallest absolute Gasteiger partial charge is 0.165 e. The van der Waals surface area contributed by atoms with Crippen LogP contribution in [0.2, 0.25) is 0 Å². The van der Waals surface area contributed by atoms with E-state index in [0.717, 1.165) is 10.6 Å². The number of thiol groups is 1. The molecule has 2 aromatic rings. The Balaban J connectivity index is 2.18. The van der Waals surface area contributed by atoms with Gasteiger partial charge in [-0.1, -0.05) is 0 Å². The van der Waals surface area contributed by atoms with Gasteiger partial charge in [-0.15, -0.1) is 12.6 Å². The van der Waals surface area contributed by atoms with Gasteiger partial charge in [0.2, 0.25) is 0 Å². The lowest BCUT2D eigenvalue weighted by Crippen LogP contribution is -1.89. The van der Waals surface area contributed by atoms with E-state index in [1.807, 2.05) is 24.3 Å². The minimum absolute atomic E-state index is 0.228. The molecule has 0 heterocycles. The third-order valence-electron chi connectivity index (χ3n) is 2.39. The SMILES string of the molecule is COc1ccc(C=Nc2ccc(S)cc2)cc1F. The van der Waals surface area contributed by atoms with Crippen molar-refractivity contribution < 1.29 is 9.13 Å². The Morgan fingerprint density at radius 1 is 1.17 bits per heavy atom. The summed E-state index contributed by atoms with van der Waals surface area (Å²) in [5.41, 5.74) is 1.48. The molecule has 0 radical (unpaired) electrons. The Labute approximate surface area is 111 Å². The van der Waals surface area contributed by atoms with Crippen LogP contribution in [-0.4, -0.2) is 13.3 Å². The fourth-order valence-corrected chi connectivity index (χ4v) is 1.60. The number of benzene rings is 2. The molecule has 4 heteroatoms. The second kappa shape index (κ2) is 5.69. The summed E-state index contributed by atoms with van der Waals surface area (Å²) in [6.07, 6.45) is 1.61. The van der Waals surface area contributed by atoms with Crippen molar-refractivity contribution >= 4 is 24.5 Å². The van der Waals surface area contributed by atoms with Gasteiger partial charge < -0.3 is 4.74 Å². The molecule has 0 saturated heterocycles. The first kappa shape index (κ1) is 12.6. The van der Waals surface area contributed by atoms with Gasteiger partial charge in [0.15, 0.2) is 11.6 Å². The van der Waals surface area contributed by atoms with E-state index in [0.29, 0.717) is 5.56 Å². The Hall–Kier alpha value is -1.81. The number of methoxy groups -OCH3 is 1. The predicted molar refractivity (Wildman–Crippen MR) is 73.9 cm³/mol. The lowest BCUT2D eigenvalue weighted by Gasteiger charge is -2.01. The first-order valence-electron chi connectivity index (χ1n) is 5.35. The van der Waals surface area contributed by atoms with Crippen molar-refractivity contribution in [1.29, 1.82) is 0 Å². The fourth-order valence-electron chi connectivity index (χ4n) is 1.45. The Bertz CT molecular complexity index is 567. The highest BCUT2D eigenvalue weighted by Crippen LogP contribution is 2.18. The average Bonchev–Trinajstić information content (AvgIpc) is 2.38. The summed E-state index contributed by atoms with van der Waals surface area (Å²) in [6.45, 7) is 0. The highest BCUT2D eigenvalue weighted by Gasteiger charge is 2.01. The molecule has 0 aliphatic heterocycles. The molecule has 0 bridgehead atoms. The Morgan fingerprint density at radius 3 is 2.50 bits per heavy atom. The third-order valence-corrected chi connectivity index (χ3v) is 2.69. The molecule has 0 unspecified atom stereocenters. The summed E-state index contributed by atoms with van der Waals surface area (Å²) in [5.74, 6) is -0.168. The van der Waals surface area contributed by atoms with E-state index in [-0.39, 0.29) is 5.75 Å². The van der Waals surface area contributed by atoms with Gasteiger partial charge in [0.25, 0.3) is 0 Å². The quantitative estimate of drug-likeness (QED) is 0.657. The van der Waals surface area contributed by atoms with Crippen molar-refractivity contribution in [3.63, 3.8) is 0 Å². The second-order valence-electron chi connectivity index (χ2n) is 3.67. The number of hydrogen-bond donors (Lipinski definition) is 1. The van der Waals surface area contributed by atoms with Crippen LogP contribution in [0.1, 0.15) is 5.56 Å². The maximum atomic E-state index is 13.4. The van der Waals surface area contributed by atoms with E-state index in [2.05, 4.69) is 17.6 Å². The molecule has 2 nitrogen and oxygen atoms in total. The number of aliphatic imine (C=N–C) groups is 1. The topological polar surface area (TPSA) is 21.6 Å². The summed E-state index contributed by atoms with van der Waals surface area (Å²) >= 11 is 4.19. The van der Waals surface area contributed by atoms with Gasteiger partial charge in [-0.2, -0.15) is 0 Å². The molecule has 92 valence electrons. The summed E-state index contributed by atoms with van der Waals surface area (Å²) < 4.78 is 18.3. The van der Waals surface area contributed by atoms with Crippen molar-refractivity contribution in [3.05, 3.63) is 53.8 Å². The number of nitrogens with zero attached hydrogens (tertiary/aromatic N) is 1. The van der Waals surface area contributed by atoms with Crippen molar-refractivity contribution in [2.24, 2.45) is 4.99 Å². The number of hydrogen-bond acceptors (Lipinski definition) is 3. The molecule has 0 atom stereocenters. The van der Waals surface area contributed by atoms with Gasteiger partial charge in [0.05, 0.1) is 12.8 Å². The minimum Gasteiger partial charge on any atom is -0.494 e. The van der Waals surface area contributed by atoms with Gasteiger partial charge in [0, 0.05) is 11.1 Å². The van der Waals surface area contributed by atoms with E-state index in [4.69, 9.17) is 4.74 Å². The zero-order valence-electron chi connectivity index (χ0n) is 9.80. The fraction of sp³-hybridized carbons (Fsp3) is 0.0714. The van der Waals surface area contributed by atoms with Crippen LogP contribution in [0, 0.1) is 5.82 Å². The molecular weight excluding hydrogens is 249 g/mol. The molecule has 0 N–H and O–H groups in total. The molecular formula is C14H12FNOS. The molecule has 0 aliphatic rings. The van der Waals surface area contributed by atoms with Crippen LogP contribution < -0.4 is 4.74 Å². The molecule has 0 fully saturated rings. The van der Waals surface area contributed by atoms with Gasteiger partial charge in [-0.3, -0.25) is 4.99 Å². The van der Waals surface area contributed by atoms with E-state index < -0.39 is 5.82 Å². The summed E-state index contributed by atoms with van der Waals surface area (Å²) in [4.78, 5) is 5.13. The zero-order valence-corrected chi connectivity index (χ0v) is 10.7. The second-order valence-corrected chi connectivity index (χ2v) is 4.18. The maximum Gasteiger partial charge on any atom is 0.165 e. The largest absolute Gasteiger partial charge is 0.494 e. The zero-order chi connectivity index (χ0) is 13.0. The monoisotopic (exact) mass is 261 g/mol. The highest BCUT2D eigenvalue weighted by molar-refractivity contribution is 7.80. The van der Waals surface area contributed by atoms with Gasteiger partial charge in [-0.25, -0.2) is 4.39 Å². The summed E-state index contributed by atoms with van der Waals surface area (Å²) in [6, 6.07) is 12.1. The lowest BCUT2D eigenvalue weighted by atomic mass is 10.2. The standard InChI is InChI=1S/C14H12FNOS/c1-17-14-7-2-10(8-13(14)15)9-16-11-3-5-12(18)6-4-11/h2-9,18H,1H3. The first-order valence-corrected chi connectivity index (χ1v) is 5.80. The van der Waals surface area contributed by atoms with Crippen LogP contribution in [0.5, 0.6) is 5.75 Å². The van der Waals surface area contributed by atoms with Gasteiger partial charge >= 0.3 is 0 Å². The molecule has 0 aliphatic carbocycles. The molecule has 0 saturated carbocycles. The van der Waals surface area contributed by atoms with E-state index >= 15 is 0 Å². The molecule has 2 aromatic carbocycles. The van der Waals surface area contributed by atoms with Crippen molar-refractivity contribution in [2.45, 2.75) is 4.90 Å². The summed E-state index contributed by atoms with van der Waals surface area (Å²) in [7, 11) is 1.44. The third kappa shape index (κ3) is 3.11. The van der Waals surface area contributed by atoms with Crippen molar-refractivity contribution in [1.82, 2.24) is 0 Å². The minimum atomic E-state index is -0.396. The highest BCUT2D eigenvalue weighted by atomic mass is 32.1. The normalized spacial score (nSPS) is 10.8. The van der Waals surface area contributed by atoms with Crippen LogP contribution in [0.25, 0.3) is 0 Å². The van der Waals surface area contributed by atoms with E-state index in [1.165, 1.54) is 13.2 Å². The van der Waals surface area contributed by atoms with Gasteiger partial charge in [0.1, 0.15) is 0 Å². The first-order chi connectivity index (χ1) is 8.69. The van der Waals surface area contributed by atoms with Gasteiger partial charge in [-0.05, 0) is 48.0 Å². The van der Waals surface area contributed by atoms with Crippen LogP contribution in [0.3, 0.4) is 0 Å². The summed E-state index contributed by atoms with van der Waals surface area (Å²) in [5, 5.41) is 0.